The van der Waals surface area contributed by atoms with Crippen molar-refractivity contribution in [2.75, 3.05) is 5.32 Å². The Labute approximate surface area is 121 Å². The van der Waals surface area contributed by atoms with Crippen molar-refractivity contribution in [1.29, 1.82) is 0 Å². The van der Waals surface area contributed by atoms with Crippen molar-refractivity contribution in [1.82, 2.24) is 0 Å². The van der Waals surface area contributed by atoms with Gasteiger partial charge < -0.3 is 5.32 Å². The van der Waals surface area contributed by atoms with E-state index in [4.69, 9.17) is 0 Å². The third-order valence-electron chi connectivity index (χ3n) is 3.16. The van der Waals surface area contributed by atoms with E-state index in [1.165, 1.54) is 0 Å². The number of rotatable bonds is 1. The van der Waals surface area contributed by atoms with E-state index in [0.717, 1.165) is 18.2 Å². The predicted octanol–water partition coefficient (Wildman–Crippen LogP) is 2.90. The summed E-state index contributed by atoms with van der Waals surface area (Å²) < 4.78 is 65.1. The lowest BCUT2D eigenvalue weighted by Crippen LogP contribution is -2.17. The van der Waals surface area contributed by atoms with Gasteiger partial charge in [-0.3, -0.25) is 10.1 Å². The first kappa shape index (κ1) is 14.3. The maximum Gasteiger partial charge on any atom is 0.294 e. The van der Waals surface area contributed by atoms with E-state index in [0.29, 0.717) is 6.07 Å². The molecule has 1 aliphatic rings. The fourth-order valence-electron chi connectivity index (χ4n) is 2.17. The summed E-state index contributed by atoms with van der Waals surface area (Å²) in [5.41, 5.74) is -1.98. The van der Waals surface area contributed by atoms with Crippen LogP contribution in [0, 0.1) is 27.6 Å². The van der Waals surface area contributed by atoms with Crippen molar-refractivity contribution in [3.05, 3.63) is 51.8 Å². The zero-order chi connectivity index (χ0) is 16.2. The lowest BCUT2D eigenvalue weighted by molar-refractivity contribution is -0.384. The second kappa shape index (κ2) is 4.44. The van der Waals surface area contributed by atoms with Gasteiger partial charge in [0.25, 0.3) is 5.69 Å². The van der Waals surface area contributed by atoms with Crippen molar-refractivity contribution >= 4 is 26.9 Å². The number of halogens is 3. The van der Waals surface area contributed by atoms with Gasteiger partial charge in [-0.15, -0.1) is 0 Å². The molecular formula is C12H5F3N2O4S. The molecule has 6 nitrogen and oxygen atoms in total. The quantitative estimate of drug-likeness (QED) is 0.321. The average Bonchev–Trinajstić information content (AvgIpc) is 2.46. The van der Waals surface area contributed by atoms with Gasteiger partial charge in [-0.2, -0.15) is 0 Å². The van der Waals surface area contributed by atoms with Crippen LogP contribution < -0.4 is 5.32 Å². The molecule has 0 saturated carbocycles. The van der Waals surface area contributed by atoms with E-state index in [1.54, 1.807) is 0 Å². The average molecular weight is 330 g/mol. The molecule has 0 fully saturated rings. The third-order valence-corrected chi connectivity index (χ3v) is 4.98. The summed E-state index contributed by atoms with van der Waals surface area (Å²) in [6.07, 6.45) is 0. The van der Waals surface area contributed by atoms with Gasteiger partial charge in [0.2, 0.25) is 9.84 Å². The van der Waals surface area contributed by atoms with Crippen LogP contribution in [-0.4, -0.2) is 13.3 Å². The minimum atomic E-state index is -4.43. The first-order valence-electron chi connectivity index (χ1n) is 5.72. The van der Waals surface area contributed by atoms with Gasteiger partial charge in [0.05, 0.1) is 10.6 Å². The number of nitrogens with one attached hydrogen (secondary N) is 1. The highest BCUT2D eigenvalue weighted by atomic mass is 32.2. The molecule has 0 unspecified atom stereocenters. The molecule has 0 atom stereocenters. The number of nitrogens with zero attached hydrogens (tertiary/aromatic N) is 1. The van der Waals surface area contributed by atoms with Crippen LogP contribution in [0.1, 0.15) is 0 Å². The summed E-state index contributed by atoms with van der Waals surface area (Å²) in [5.74, 6) is -5.30. The molecular weight excluding hydrogens is 325 g/mol. The highest BCUT2D eigenvalue weighted by Crippen LogP contribution is 2.45. The molecule has 10 heteroatoms. The Hall–Kier alpha value is -2.62. The largest absolute Gasteiger partial charge is 0.345 e. The van der Waals surface area contributed by atoms with Gasteiger partial charge in [0, 0.05) is 6.07 Å². The molecule has 0 spiro atoms. The number of hydrogen-bond acceptors (Lipinski definition) is 5. The number of benzene rings is 2. The van der Waals surface area contributed by atoms with E-state index in [2.05, 4.69) is 5.32 Å². The molecule has 22 heavy (non-hydrogen) atoms. The molecule has 1 N–H and O–H groups in total. The Morgan fingerprint density at radius 3 is 2.36 bits per heavy atom. The number of anilines is 2. The molecule has 0 aromatic heterocycles. The lowest BCUT2D eigenvalue weighted by Gasteiger charge is -2.21. The molecule has 114 valence electrons. The van der Waals surface area contributed by atoms with Crippen LogP contribution in [0.2, 0.25) is 0 Å². The van der Waals surface area contributed by atoms with Crippen LogP contribution in [-0.2, 0) is 9.84 Å². The molecule has 2 aromatic rings. The zero-order valence-corrected chi connectivity index (χ0v) is 11.2. The van der Waals surface area contributed by atoms with Crippen LogP contribution in [0.25, 0.3) is 0 Å². The van der Waals surface area contributed by atoms with Gasteiger partial charge in [-0.1, -0.05) is 6.07 Å². The predicted molar refractivity (Wildman–Crippen MR) is 68.1 cm³/mol. The maximum absolute atomic E-state index is 13.8. The number of nitro groups is 1. The molecule has 0 aliphatic carbocycles. The third kappa shape index (κ3) is 1.77. The minimum absolute atomic E-state index is 0.331. The van der Waals surface area contributed by atoms with E-state index < -0.39 is 59.1 Å². The Morgan fingerprint density at radius 1 is 1.05 bits per heavy atom. The number of para-hydroxylation sites is 1. The first-order chi connectivity index (χ1) is 10.2. The molecule has 1 heterocycles. The number of sulfone groups is 1. The normalized spacial score (nSPS) is 14.7. The van der Waals surface area contributed by atoms with Crippen molar-refractivity contribution in [3.63, 3.8) is 0 Å². The molecule has 0 amide bonds. The summed E-state index contributed by atoms with van der Waals surface area (Å²) in [7, 11) is -4.43. The van der Waals surface area contributed by atoms with Crippen LogP contribution >= 0.6 is 0 Å². The number of nitro benzene ring substituents is 1. The van der Waals surface area contributed by atoms with E-state index >= 15 is 0 Å². The Balaban J connectivity index is 2.41. The van der Waals surface area contributed by atoms with Crippen molar-refractivity contribution in [2.24, 2.45) is 0 Å². The first-order valence-corrected chi connectivity index (χ1v) is 7.20. The molecule has 3 rings (SSSR count). The SMILES string of the molecule is O=[N+]([O-])c1cccc2c1Nc1c(cc(F)c(F)c1F)S2(=O)=O. The Morgan fingerprint density at radius 2 is 1.73 bits per heavy atom. The van der Waals surface area contributed by atoms with Crippen LogP contribution in [0.3, 0.4) is 0 Å². The molecule has 1 aliphatic heterocycles. The van der Waals surface area contributed by atoms with Gasteiger partial charge in [0.1, 0.15) is 15.5 Å². The summed E-state index contributed by atoms with van der Waals surface area (Å²) in [6, 6.07) is 3.51. The zero-order valence-electron chi connectivity index (χ0n) is 10.4. The van der Waals surface area contributed by atoms with Crippen LogP contribution in [0.15, 0.2) is 34.1 Å². The van der Waals surface area contributed by atoms with Gasteiger partial charge in [-0.05, 0) is 12.1 Å². The molecule has 0 saturated heterocycles. The summed E-state index contributed by atoms with van der Waals surface area (Å²) >= 11 is 0. The van der Waals surface area contributed by atoms with Gasteiger partial charge >= 0.3 is 0 Å². The van der Waals surface area contributed by atoms with Crippen molar-refractivity contribution in [2.45, 2.75) is 9.79 Å². The topological polar surface area (TPSA) is 89.3 Å². The Kier molecular flexibility index (Phi) is 2.89. The Bertz CT molecular complexity index is 944. The minimum Gasteiger partial charge on any atom is -0.345 e. The highest BCUT2D eigenvalue weighted by molar-refractivity contribution is 7.92. The fourth-order valence-corrected chi connectivity index (χ4v) is 3.75. The van der Waals surface area contributed by atoms with Crippen molar-refractivity contribution in [3.8, 4) is 0 Å². The monoisotopic (exact) mass is 330 g/mol. The standard InChI is InChI=1S/C12H5F3N2O4S/c13-5-4-8-12(10(15)9(5)14)16-11-6(17(18)19)2-1-3-7(11)22(8,20)21/h1-4,16H. The summed E-state index contributed by atoms with van der Waals surface area (Å²) in [6.45, 7) is 0. The molecule has 2 aromatic carbocycles. The molecule has 0 radical (unpaired) electrons. The highest BCUT2D eigenvalue weighted by Gasteiger charge is 2.37. The van der Waals surface area contributed by atoms with Crippen LogP contribution in [0.5, 0.6) is 0 Å². The number of hydrogen-bond donors (Lipinski definition) is 1. The second-order valence-electron chi connectivity index (χ2n) is 4.40. The van der Waals surface area contributed by atoms with Crippen molar-refractivity contribution < 1.29 is 26.5 Å². The maximum atomic E-state index is 13.8. The summed E-state index contributed by atoms with van der Waals surface area (Å²) in [5, 5.41) is 13.1. The van der Waals surface area contributed by atoms with Crippen LogP contribution in [0.4, 0.5) is 30.2 Å². The lowest BCUT2D eigenvalue weighted by atomic mass is 10.2. The molecule has 0 bridgehead atoms. The van der Waals surface area contributed by atoms with E-state index in [-0.39, 0.29) is 0 Å². The van der Waals surface area contributed by atoms with Gasteiger partial charge in [0.15, 0.2) is 17.5 Å². The van der Waals surface area contributed by atoms with Gasteiger partial charge in [-0.25, -0.2) is 21.6 Å². The smallest absolute Gasteiger partial charge is 0.294 e. The van der Waals surface area contributed by atoms with E-state index in [9.17, 15) is 31.7 Å². The second-order valence-corrected chi connectivity index (χ2v) is 6.28. The number of fused-ring (bicyclic) bond motifs is 2. The summed E-state index contributed by atoms with van der Waals surface area (Å²) in [4.78, 5) is 8.74. The fraction of sp³-hybridized carbons (Fsp3) is 0. The van der Waals surface area contributed by atoms with E-state index in [1.807, 2.05) is 0 Å².